The monoisotopic (exact) mass is 173 g/mol. The predicted octanol–water partition coefficient (Wildman–Crippen LogP) is -0.339. The second-order valence-corrected chi connectivity index (χ2v) is 3.34. The maximum atomic E-state index is 11.2. The van der Waals surface area contributed by atoms with Crippen molar-refractivity contribution in [3.8, 4) is 0 Å². The molecule has 12 heavy (non-hydrogen) atoms. The lowest BCUT2D eigenvalue weighted by atomic mass is 10.2. The third-order valence-electron chi connectivity index (χ3n) is 1.74. The van der Waals surface area contributed by atoms with E-state index in [9.17, 15) is 4.79 Å². The lowest BCUT2D eigenvalue weighted by Crippen LogP contribution is -2.33. The van der Waals surface area contributed by atoms with Crippen LogP contribution < -0.4 is 5.32 Å². The fourth-order valence-electron chi connectivity index (χ4n) is 1.21. The van der Waals surface area contributed by atoms with Crippen LogP contribution in [0, 0.1) is 0 Å². The highest BCUT2D eigenvalue weighted by Gasteiger charge is 2.29. The molecule has 4 heteroatoms. The average molecular weight is 173 g/mol. The molecule has 0 saturated carbocycles. The van der Waals surface area contributed by atoms with Gasteiger partial charge in [-0.25, -0.2) is 0 Å². The van der Waals surface area contributed by atoms with Crippen LogP contribution >= 0.6 is 0 Å². The van der Waals surface area contributed by atoms with Crippen LogP contribution in [0.4, 0.5) is 0 Å². The number of ether oxygens (including phenoxy) is 1. The van der Waals surface area contributed by atoms with Crippen molar-refractivity contribution in [3.63, 3.8) is 0 Å². The molecule has 1 rings (SSSR count). The maximum absolute atomic E-state index is 11.2. The van der Waals surface area contributed by atoms with Gasteiger partial charge in [0.25, 0.3) is 0 Å². The van der Waals surface area contributed by atoms with E-state index in [0.29, 0.717) is 13.0 Å². The molecular formula is C8H15NO3. The van der Waals surface area contributed by atoms with Crippen molar-refractivity contribution in [3.05, 3.63) is 0 Å². The number of hydrogen-bond donors (Lipinski definition) is 2. The van der Waals surface area contributed by atoms with Crippen molar-refractivity contribution in [1.82, 2.24) is 5.32 Å². The van der Waals surface area contributed by atoms with Gasteiger partial charge in [-0.1, -0.05) is 0 Å². The van der Waals surface area contributed by atoms with Gasteiger partial charge >= 0.3 is 5.97 Å². The van der Waals surface area contributed by atoms with Gasteiger partial charge in [-0.15, -0.1) is 0 Å². The van der Waals surface area contributed by atoms with E-state index >= 15 is 0 Å². The number of hydrogen-bond acceptors (Lipinski definition) is 4. The van der Waals surface area contributed by atoms with Crippen LogP contribution in [0.15, 0.2) is 0 Å². The zero-order valence-corrected chi connectivity index (χ0v) is 7.41. The standard InChI is InChI=1S/C8H15NO3/c1-5(2)12-8(11)7-3-6(10)4-9-7/h5-7,9-10H,3-4H2,1-2H3. The number of esters is 1. The molecule has 0 aliphatic carbocycles. The van der Waals surface area contributed by atoms with E-state index in [1.165, 1.54) is 0 Å². The molecule has 0 radical (unpaired) electrons. The Morgan fingerprint density at radius 3 is 2.75 bits per heavy atom. The molecule has 1 saturated heterocycles. The van der Waals surface area contributed by atoms with Crippen molar-refractivity contribution < 1.29 is 14.6 Å². The Morgan fingerprint density at radius 2 is 2.33 bits per heavy atom. The quantitative estimate of drug-likeness (QED) is 0.561. The SMILES string of the molecule is CC(C)OC(=O)C1CC(O)CN1. The number of β-amino-alcohol motifs (C(OH)–C–C–N with tert-alkyl or cyclic N) is 1. The summed E-state index contributed by atoms with van der Waals surface area (Å²) in [6, 6.07) is -0.317. The number of carbonyl (C=O) groups is 1. The van der Waals surface area contributed by atoms with Crippen molar-refractivity contribution in [2.24, 2.45) is 0 Å². The molecule has 4 nitrogen and oxygen atoms in total. The normalized spacial score (nSPS) is 29.3. The number of aliphatic hydroxyl groups excluding tert-OH is 1. The first-order chi connectivity index (χ1) is 5.59. The van der Waals surface area contributed by atoms with Gasteiger partial charge < -0.3 is 15.2 Å². The molecule has 1 fully saturated rings. The van der Waals surface area contributed by atoms with Crippen LogP contribution in [-0.2, 0) is 9.53 Å². The molecule has 2 unspecified atom stereocenters. The minimum atomic E-state index is -0.408. The zero-order valence-electron chi connectivity index (χ0n) is 7.41. The molecule has 2 N–H and O–H groups in total. The largest absolute Gasteiger partial charge is 0.462 e. The minimum absolute atomic E-state index is 0.0861. The Hall–Kier alpha value is -0.610. The summed E-state index contributed by atoms with van der Waals surface area (Å²) in [5, 5.41) is 12.0. The lowest BCUT2D eigenvalue weighted by Gasteiger charge is -2.12. The molecule has 0 amide bonds. The van der Waals surface area contributed by atoms with Crippen molar-refractivity contribution in [2.75, 3.05) is 6.54 Å². The summed E-state index contributed by atoms with van der Waals surface area (Å²) in [5.41, 5.74) is 0. The molecule has 1 heterocycles. The van der Waals surface area contributed by atoms with Crippen LogP contribution in [0.2, 0.25) is 0 Å². The fraction of sp³-hybridized carbons (Fsp3) is 0.875. The summed E-state index contributed by atoms with van der Waals surface area (Å²) >= 11 is 0. The molecule has 70 valence electrons. The van der Waals surface area contributed by atoms with Gasteiger partial charge in [0.1, 0.15) is 6.04 Å². The summed E-state index contributed by atoms with van der Waals surface area (Å²) < 4.78 is 4.97. The van der Waals surface area contributed by atoms with E-state index in [0.717, 1.165) is 0 Å². The van der Waals surface area contributed by atoms with Crippen molar-refractivity contribution >= 4 is 5.97 Å². The van der Waals surface area contributed by atoms with Crippen LogP contribution in [0.1, 0.15) is 20.3 Å². The molecule has 0 aromatic carbocycles. The van der Waals surface area contributed by atoms with Crippen LogP contribution in [0.25, 0.3) is 0 Å². The lowest BCUT2D eigenvalue weighted by molar-refractivity contribution is -0.149. The second-order valence-electron chi connectivity index (χ2n) is 3.34. The molecule has 0 aromatic heterocycles. The number of carbonyl (C=O) groups excluding carboxylic acids is 1. The molecule has 1 aliphatic rings. The Bertz CT molecular complexity index is 170. The Kier molecular flexibility index (Phi) is 3.05. The highest BCUT2D eigenvalue weighted by Crippen LogP contribution is 2.08. The summed E-state index contributed by atoms with van der Waals surface area (Å²) in [5.74, 6) is -0.262. The van der Waals surface area contributed by atoms with Gasteiger partial charge in [0.05, 0.1) is 12.2 Å². The summed E-state index contributed by atoms with van der Waals surface area (Å²) in [6.07, 6.45) is -0.0299. The maximum Gasteiger partial charge on any atom is 0.323 e. The average Bonchev–Trinajstić information content (AvgIpc) is 2.34. The van der Waals surface area contributed by atoms with E-state index < -0.39 is 6.10 Å². The molecule has 0 aromatic rings. The van der Waals surface area contributed by atoms with E-state index in [-0.39, 0.29) is 18.1 Å². The van der Waals surface area contributed by atoms with Gasteiger partial charge in [0.2, 0.25) is 0 Å². The topological polar surface area (TPSA) is 58.6 Å². The first-order valence-corrected chi connectivity index (χ1v) is 4.21. The van der Waals surface area contributed by atoms with Crippen molar-refractivity contribution in [1.29, 1.82) is 0 Å². The minimum Gasteiger partial charge on any atom is -0.462 e. The Balaban J connectivity index is 2.33. The van der Waals surface area contributed by atoms with E-state index in [2.05, 4.69) is 5.32 Å². The third-order valence-corrected chi connectivity index (χ3v) is 1.74. The molecular weight excluding hydrogens is 158 g/mol. The summed E-state index contributed by atoms with van der Waals surface area (Å²) in [7, 11) is 0. The molecule has 1 aliphatic heterocycles. The Morgan fingerprint density at radius 1 is 1.67 bits per heavy atom. The second kappa shape index (κ2) is 3.87. The van der Waals surface area contributed by atoms with Gasteiger partial charge in [-0.05, 0) is 13.8 Å². The third kappa shape index (κ3) is 2.46. The summed E-state index contributed by atoms with van der Waals surface area (Å²) in [4.78, 5) is 11.2. The van der Waals surface area contributed by atoms with Crippen LogP contribution in [0.5, 0.6) is 0 Å². The highest BCUT2D eigenvalue weighted by molar-refractivity contribution is 5.76. The van der Waals surface area contributed by atoms with E-state index in [1.807, 2.05) is 13.8 Å². The smallest absolute Gasteiger partial charge is 0.323 e. The fourth-order valence-corrected chi connectivity index (χ4v) is 1.21. The first-order valence-electron chi connectivity index (χ1n) is 4.21. The van der Waals surface area contributed by atoms with Crippen LogP contribution in [0.3, 0.4) is 0 Å². The predicted molar refractivity (Wildman–Crippen MR) is 43.6 cm³/mol. The van der Waals surface area contributed by atoms with Gasteiger partial charge in [0.15, 0.2) is 0 Å². The van der Waals surface area contributed by atoms with E-state index in [4.69, 9.17) is 9.84 Å². The highest BCUT2D eigenvalue weighted by atomic mass is 16.5. The molecule has 2 atom stereocenters. The van der Waals surface area contributed by atoms with Gasteiger partial charge in [-0.3, -0.25) is 4.79 Å². The number of aliphatic hydroxyl groups is 1. The number of rotatable bonds is 2. The first kappa shape index (κ1) is 9.48. The molecule has 0 bridgehead atoms. The number of nitrogens with one attached hydrogen (secondary N) is 1. The Labute approximate surface area is 71.9 Å². The zero-order chi connectivity index (χ0) is 9.14. The molecule has 0 spiro atoms. The van der Waals surface area contributed by atoms with E-state index in [1.54, 1.807) is 0 Å². The van der Waals surface area contributed by atoms with Gasteiger partial charge in [0, 0.05) is 13.0 Å². The van der Waals surface area contributed by atoms with Crippen molar-refractivity contribution in [2.45, 2.75) is 38.5 Å². The van der Waals surface area contributed by atoms with Gasteiger partial charge in [-0.2, -0.15) is 0 Å². The summed E-state index contributed by atoms with van der Waals surface area (Å²) in [6.45, 7) is 4.10. The van der Waals surface area contributed by atoms with Crippen LogP contribution in [-0.4, -0.2) is 35.9 Å².